The van der Waals surface area contributed by atoms with Crippen molar-refractivity contribution in [1.82, 2.24) is 5.32 Å². The molecular weight excluding hydrogens is 230 g/mol. The standard InChI is InChI=1S/C14H15NOS/c1-2-4-14-13(3-1)12(10-17-14)8-15-7-11-5-6-16-9-11/h1-6,9,12,15H,7-8,10H2. The minimum Gasteiger partial charge on any atom is -0.472 e. The van der Waals surface area contributed by atoms with Crippen molar-refractivity contribution in [2.45, 2.75) is 17.4 Å². The molecule has 0 bridgehead atoms. The molecule has 17 heavy (non-hydrogen) atoms. The van der Waals surface area contributed by atoms with E-state index in [-0.39, 0.29) is 0 Å². The first-order valence-corrected chi connectivity index (χ1v) is 6.85. The molecule has 1 N–H and O–H groups in total. The molecule has 0 saturated heterocycles. The summed E-state index contributed by atoms with van der Waals surface area (Å²) in [5.74, 6) is 1.83. The lowest BCUT2D eigenvalue weighted by Crippen LogP contribution is -2.20. The molecule has 1 aromatic carbocycles. The molecular formula is C14H15NOS. The molecule has 0 radical (unpaired) electrons. The van der Waals surface area contributed by atoms with Gasteiger partial charge in [-0.2, -0.15) is 0 Å². The molecule has 0 saturated carbocycles. The van der Waals surface area contributed by atoms with Crippen molar-refractivity contribution in [2.75, 3.05) is 12.3 Å². The lowest BCUT2D eigenvalue weighted by atomic mass is 10.0. The first kappa shape index (κ1) is 10.9. The lowest BCUT2D eigenvalue weighted by Gasteiger charge is -2.11. The van der Waals surface area contributed by atoms with Gasteiger partial charge in [0.2, 0.25) is 0 Å². The number of rotatable bonds is 4. The molecule has 0 spiro atoms. The van der Waals surface area contributed by atoms with Gasteiger partial charge in [0.15, 0.2) is 0 Å². The summed E-state index contributed by atoms with van der Waals surface area (Å²) < 4.78 is 5.05. The molecule has 3 heteroatoms. The quantitative estimate of drug-likeness (QED) is 0.895. The Balaban J connectivity index is 1.57. The summed E-state index contributed by atoms with van der Waals surface area (Å²) >= 11 is 1.97. The molecule has 1 unspecified atom stereocenters. The van der Waals surface area contributed by atoms with Crippen LogP contribution in [0.3, 0.4) is 0 Å². The highest BCUT2D eigenvalue weighted by molar-refractivity contribution is 7.99. The van der Waals surface area contributed by atoms with E-state index >= 15 is 0 Å². The van der Waals surface area contributed by atoms with Crippen LogP contribution in [0.15, 0.2) is 52.2 Å². The molecule has 0 amide bonds. The molecule has 2 aromatic rings. The Bertz CT molecular complexity index is 481. The Kier molecular flexibility index (Phi) is 3.20. The topological polar surface area (TPSA) is 25.2 Å². The first-order valence-electron chi connectivity index (χ1n) is 5.87. The van der Waals surface area contributed by atoms with Crippen LogP contribution in [0, 0.1) is 0 Å². The fourth-order valence-corrected chi connectivity index (χ4v) is 3.44. The maximum absolute atomic E-state index is 5.05. The van der Waals surface area contributed by atoms with Gasteiger partial charge < -0.3 is 9.73 Å². The van der Waals surface area contributed by atoms with E-state index in [1.54, 1.807) is 12.5 Å². The first-order chi connectivity index (χ1) is 8.43. The van der Waals surface area contributed by atoms with Crippen molar-refractivity contribution in [2.24, 2.45) is 0 Å². The third-order valence-electron chi connectivity index (χ3n) is 3.10. The van der Waals surface area contributed by atoms with Gasteiger partial charge >= 0.3 is 0 Å². The fraction of sp³-hybridized carbons (Fsp3) is 0.286. The average molecular weight is 245 g/mol. The number of hydrogen-bond donors (Lipinski definition) is 1. The van der Waals surface area contributed by atoms with Crippen molar-refractivity contribution in [3.8, 4) is 0 Å². The third-order valence-corrected chi connectivity index (χ3v) is 4.35. The maximum atomic E-state index is 5.05. The average Bonchev–Trinajstić information content (AvgIpc) is 2.99. The Hall–Kier alpha value is -1.19. The number of furan rings is 1. The van der Waals surface area contributed by atoms with E-state index < -0.39 is 0 Å². The van der Waals surface area contributed by atoms with Crippen molar-refractivity contribution < 1.29 is 4.42 Å². The Morgan fingerprint density at radius 1 is 1.29 bits per heavy atom. The van der Waals surface area contributed by atoms with Crippen LogP contribution in [0.25, 0.3) is 0 Å². The minimum atomic E-state index is 0.642. The van der Waals surface area contributed by atoms with Gasteiger partial charge in [-0.25, -0.2) is 0 Å². The van der Waals surface area contributed by atoms with Gasteiger partial charge in [-0.15, -0.1) is 11.8 Å². The van der Waals surface area contributed by atoms with Gasteiger partial charge in [0.25, 0.3) is 0 Å². The highest BCUT2D eigenvalue weighted by atomic mass is 32.2. The van der Waals surface area contributed by atoms with Gasteiger partial charge in [-0.3, -0.25) is 0 Å². The van der Waals surface area contributed by atoms with Gasteiger partial charge in [-0.1, -0.05) is 18.2 Å². The van der Waals surface area contributed by atoms with Crippen LogP contribution in [0.5, 0.6) is 0 Å². The minimum absolute atomic E-state index is 0.642. The van der Waals surface area contributed by atoms with Crippen LogP contribution in [0.2, 0.25) is 0 Å². The zero-order valence-corrected chi connectivity index (χ0v) is 10.4. The summed E-state index contributed by atoms with van der Waals surface area (Å²) in [6, 6.07) is 10.7. The van der Waals surface area contributed by atoms with Gasteiger partial charge in [-0.05, 0) is 17.7 Å². The van der Waals surface area contributed by atoms with Crippen molar-refractivity contribution >= 4 is 11.8 Å². The summed E-state index contributed by atoms with van der Waals surface area (Å²) in [5, 5.41) is 3.50. The van der Waals surface area contributed by atoms with Crippen LogP contribution in [0.4, 0.5) is 0 Å². The molecule has 3 rings (SSSR count). The van der Waals surface area contributed by atoms with Crippen molar-refractivity contribution in [3.05, 3.63) is 54.0 Å². The normalized spacial score (nSPS) is 18.2. The van der Waals surface area contributed by atoms with Crippen molar-refractivity contribution in [3.63, 3.8) is 0 Å². The van der Waals surface area contributed by atoms with E-state index in [1.807, 2.05) is 17.8 Å². The number of thioether (sulfide) groups is 1. The zero-order valence-electron chi connectivity index (χ0n) is 9.56. The lowest BCUT2D eigenvalue weighted by molar-refractivity contribution is 0.557. The smallest absolute Gasteiger partial charge is 0.0947 e. The third kappa shape index (κ3) is 2.40. The highest BCUT2D eigenvalue weighted by Crippen LogP contribution is 2.38. The predicted molar refractivity (Wildman–Crippen MR) is 70.3 cm³/mol. The number of fused-ring (bicyclic) bond motifs is 1. The second-order valence-electron chi connectivity index (χ2n) is 4.31. The van der Waals surface area contributed by atoms with Gasteiger partial charge in [0.1, 0.15) is 0 Å². The number of benzene rings is 1. The predicted octanol–water partition coefficient (Wildman–Crippen LogP) is 3.26. The molecule has 88 valence electrons. The number of nitrogens with one attached hydrogen (secondary N) is 1. The summed E-state index contributed by atoms with van der Waals surface area (Å²) in [4.78, 5) is 1.45. The van der Waals surface area contributed by atoms with E-state index in [4.69, 9.17) is 4.42 Å². The zero-order chi connectivity index (χ0) is 11.5. The molecule has 1 aliphatic rings. The van der Waals surface area contributed by atoms with Crippen LogP contribution in [-0.4, -0.2) is 12.3 Å². The molecule has 1 atom stereocenters. The molecule has 2 heterocycles. The van der Waals surface area contributed by atoms with Crippen LogP contribution < -0.4 is 5.32 Å². The summed E-state index contributed by atoms with van der Waals surface area (Å²) in [6.07, 6.45) is 3.52. The Labute approximate surface area is 105 Å². The van der Waals surface area contributed by atoms with E-state index in [9.17, 15) is 0 Å². The second-order valence-corrected chi connectivity index (χ2v) is 5.37. The molecule has 0 fully saturated rings. The SMILES string of the molecule is c1ccc2c(c1)SCC2CNCc1ccoc1. The highest BCUT2D eigenvalue weighted by Gasteiger charge is 2.21. The van der Waals surface area contributed by atoms with E-state index in [0.29, 0.717) is 5.92 Å². The molecule has 0 aliphatic carbocycles. The summed E-state index contributed by atoms with van der Waals surface area (Å²) in [7, 11) is 0. The van der Waals surface area contributed by atoms with Gasteiger partial charge in [0, 0.05) is 35.2 Å². The number of hydrogen-bond acceptors (Lipinski definition) is 3. The molecule has 2 nitrogen and oxygen atoms in total. The fourth-order valence-electron chi connectivity index (χ4n) is 2.18. The molecule has 1 aromatic heterocycles. The molecule has 1 aliphatic heterocycles. The van der Waals surface area contributed by atoms with E-state index in [1.165, 1.54) is 21.8 Å². The Morgan fingerprint density at radius 2 is 2.24 bits per heavy atom. The maximum Gasteiger partial charge on any atom is 0.0947 e. The second kappa shape index (κ2) is 4.98. The summed E-state index contributed by atoms with van der Waals surface area (Å²) in [6.45, 7) is 1.93. The van der Waals surface area contributed by atoms with Crippen LogP contribution in [0.1, 0.15) is 17.0 Å². The van der Waals surface area contributed by atoms with E-state index in [0.717, 1.165) is 13.1 Å². The van der Waals surface area contributed by atoms with E-state index in [2.05, 4.69) is 29.6 Å². The largest absolute Gasteiger partial charge is 0.472 e. The monoisotopic (exact) mass is 245 g/mol. The summed E-state index contributed by atoms with van der Waals surface area (Å²) in [5.41, 5.74) is 2.71. The van der Waals surface area contributed by atoms with Crippen LogP contribution >= 0.6 is 11.8 Å². The Morgan fingerprint density at radius 3 is 3.12 bits per heavy atom. The van der Waals surface area contributed by atoms with Gasteiger partial charge in [0.05, 0.1) is 12.5 Å². The van der Waals surface area contributed by atoms with Crippen LogP contribution in [-0.2, 0) is 6.54 Å². The van der Waals surface area contributed by atoms with Crippen molar-refractivity contribution in [1.29, 1.82) is 0 Å².